The van der Waals surface area contributed by atoms with E-state index >= 15 is 0 Å². The molecule has 43 heavy (non-hydrogen) atoms. The molecule has 0 saturated heterocycles. The van der Waals surface area contributed by atoms with Crippen LogP contribution in [-0.2, 0) is 36.9 Å². The Balaban J connectivity index is 1.86. The smallest absolute Gasteiger partial charge is 0.235 e. The molecule has 3 aliphatic rings. The van der Waals surface area contributed by atoms with Gasteiger partial charge in [0.1, 0.15) is 5.75 Å². The second kappa shape index (κ2) is 10.8. The number of nitrogens with zero attached hydrogens (tertiary/aromatic N) is 3. The minimum atomic E-state index is -2.79. The van der Waals surface area contributed by atoms with Gasteiger partial charge in [-0.3, -0.25) is 33.7 Å². The summed E-state index contributed by atoms with van der Waals surface area (Å²) in [5.74, 6) is -11.2. The maximum atomic E-state index is 14.2. The monoisotopic (exact) mass is 598 g/mol. The molecule has 4 N–H and O–H groups in total. The minimum absolute atomic E-state index is 0.0132. The number of primary amides is 1. The van der Waals surface area contributed by atoms with Crippen LogP contribution in [0.3, 0.4) is 0 Å². The van der Waals surface area contributed by atoms with E-state index in [0.29, 0.717) is 23.4 Å². The predicted octanol–water partition coefficient (Wildman–Crippen LogP) is 0.328. The maximum absolute atomic E-state index is 14.2. The topological polar surface area (TPSA) is 179 Å². The number of phenols is 1. The summed E-state index contributed by atoms with van der Waals surface area (Å²) in [5, 5.41) is 23.3. The molecule has 234 valence electrons. The first kappa shape index (κ1) is 32.3. The van der Waals surface area contributed by atoms with Gasteiger partial charge in [0, 0.05) is 51.3 Å². The quantitative estimate of drug-likeness (QED) is 0.387. The van der Waals surface area contributed by atoms with E-state index in [4.69, 9.17) is 5.73 Å². The zero-order chi connectivity index (χ0) is 32.5. The first-order valence-electron chi connectivity index (χ1n) is 14.4. The number of carbonyl (C=O) groups excluding carboxylic acids is 6. The zero-order valence-electron chi connectivity index (χ0n) is 26.1. The summed E-state index contributed by atoms with van der Waals surface area (Å²) in [5.41, 5.74) is 3.70. The van der Waals surface area contributed by atoms with E-state index in [1.165, 1.54) is 11.8 Å². The molecule has 3 aliphatic carbocycles. The van der Waals surface area contributed by atoms with E-state index in [-0.39, 0.29) is 42.0 Å². The van der Waals surface area contributed by atoms with Gasteiger partial charge in [-0.15, -0.1) is 0 Å². The van der Waals surface area contributed by atoms with Gasteiger partial charge in [0.05, 0.1) is 17.5 Å². The number of Topliss-reactive ketones (excluding diaryl/α,β-unsaturated/α-hetero) is 4. The SMILES string of the molecule is CC(=O)N(Cc1cc(N(C)C)c2c(c1O)C(=O)C1C(=O)[C@]3(O)C(=O)C(C(N)=O)C(=O)C(N(C)C)[C@@H]3C[C@@H]1C2)CC(C)(C)C. The van der Waals surface area contributed by atoms with Crippen molar-refractivity contribution in [3.63, 3.8) is 0 Å². The number of carbonyl (C=O) groups is 6. The lowest BCUT2D eigenvalue weighted by Crippen LogP contribution is -2.74. The zero-order valence-corrected chi connectivity index (χ0v) is 26.1. The van der Waals surface area contributed by atoms with Crippen LogP contribution in [0.2, 0.25) is 0 Å². The van der Waals surface area contributed by atoms with Gasteiger partial charge in [-0.25, -0.2) is 0 Å². The number of nitrogens with two attached hydrogens (primary N) is 1. The molecule has 0 bridgehead atoms. The van der Waals surface area contributed by atoms with Crippen molar-refractivity contribution >= 4 is 40.6 Å². The third-order valence-electron chi connectivity index (χ3n) is 9.07. The van der Waals surface area contributed by atoms with Crippen molar-refractivity contribution in [3.05, 3.63) is 22.8 Å². The van der Waals surface area contributed by atoms with Gasteiger partial charge in [0.15, 0.2) is 34.7 Å². The fourth-order valence-electron chi connectivity index (χ4n) is 7.28. The number of amides is 2. The van der Waals surface area contributed by atoms with Gasteiger partial charge in [0.2, 0.25) is 11.8 Å². The molecule has 0 radical (unpaired) electrons. The van der Waals surface area contributed by atoms with E-state index in [0.717, 1.165) is 0 Å². The van der Waals surface area contributed by atoms with Crippen molar-refractivity contribution < 1.29 is 39.0 Å². The van der Waals surface area contributed by atoms with Crippen molar-refractivity contribution in [1.82, 2.24) is 9.80 Å². The van der Waals surface area contributed by atoms with E-state index in [9.17, 15) is 39.0 Å². The number of anilines is 1. The Bertz CT molecular complexity index is 1430. The van der Waals surface area contributed by atoms with Crippen LogP contribution in [0.15, 0.2) is 6.07 Å². The summed E-state index contributed by atoms with van der Waals surface area (Å²) in [6, 6.07) is 0.570. The van der Waals surface area contributed by atoms with Gasteiger partial charge in [-0.05, 0) is 49.9 Å². The fourth-order valence-corrected chi connectivity index (χ4v) is 7.28. The first-order valence-corrected chi connectivity index (χ1v) is 14.4. The Labute approximate surface area is 251 Å². The van der Waals surface area contributed by atoms with Crippen LogP contribution in [0.5, 0.6) is 5.75 Å². The molecule has 2 fully saturated rings. The van der Waals surface area contributed by atoms with Crippen LogP contribution in [-0.4, -0.2) is 101 Å². The Kier molecular flexibility index (Phi) is 8.12. The number of aliphatic hydroxyl groups is 1. The molecule has 1 aromatic carbocycles. The van der Waals surface area contributed by atoms with Crippen LogP contribution >= 0.6 is 0 Å². The normalized spacial score (nSPS) is 28.7. The van der Waals surface area contributed by atoms with Crippen molar-refractivity contribution in [3.8, 4) is 5.75 Å². The van der Waals surface area contributed by atoms with Crippen LogP contribution in [0, 0.1) is 29.1 Å². The summed E-state index contributed by atoms with van der Waals surface area (Å²) >= 11 is 0. The standard InChI is InChI=1S/C31H42N4O8/c1-14(36)35(13-30(2,3)4)12-16-11-19(33(5)6)17-9-15-10-18-23(34(7)8)26(39)22(29(32)42)28(41)31(18,43)27(40)20(15)25(38)21(17)24(16)37/h11,15,18,20,22-23,37,43H,9-10,12-13H2,1-8H3,(H2,32,42)/t15-,18-,20?,22?,23?,31-/m0/s1. The Morgan fingerprint density at radius 2 is 1.67 bits per heavy atom. The highest BCUT2D eigenvalue weighted by molar-refractivity contribution is 6.32. The van der Waals surface area contributed by atoms with Crippen LogP contribution < -0.4 is 10.6 Å². The highest BCUT2D eigenvalue weighted by Crippen LogP contribution is 2.52. The molecule has 0 aromatic heterocycles. The summed E-state index contributed by atoms with van der Waals surface area (Å²) in [7, 11) is 6.64. The highest BCUT2D eigenvalue weighted by atomic mass is 16.3. The molecule has 12 heteroatoms. The lowest BCUT2D eigenvalue weighted by Gasteiger charge is -2.52. The van der Waals surface area contributed by atoms with E-state index < -0.39 is 64.4 Å². The summed E-state index contributed by atoms with van der Waals surface area (Å²) in [6.07, 6.45) is 0.134. The molecule has 4 rings (SSSR count). The lowest BCUT2D eigenvalue weighted by molar-refractivity contribution is -0.181. The van der Waals surface area contributed by atoms with Gasteiger partial charge >= 0.3 is 0 Å². The molecule has 1 aromatic rings. The Morgan fingerprint density at radius 3 is 2.16 bits per heavy atom. The fraction of sp³-hybridized carbons (Fsp3) is 0.613. The molecule has 12 nitrogen and oxygen atoms in total. The average molecular weight is 599 g/mol. The van der Waals surface area contributed by atoms with E-state index in [2.05, 4.69) is 0 Å². The van der Waals surface area contributed by atoms with Crippen LogP contribution in [0.4, 0.5) is 5.69 Å². The van der Waals surface area contributed by atoms with Crippen molar-refractivity contribution in [2.75, 3.05) is 39.6 Å². The number of likely N-dealkylation sites (N-methyl/N-ethyl adjacent to an activating group) is 1. The second-order valence-corrected chi connectivity index (χ2v) is 13.9. The molecular formula is C31H42N4O8. The first-order chi connectivity index (χ1) is 19.7. The maximum Gasteiger partial charge on any atom is 0.235 e. The molecule has 0 spiro atoms. The number of phenolic OH excluding ortho intramolecular Hbond substituents is 1. The largest absolute Gasteiger partial charge is 0.507 e. The van der Waals surface area contributed by atoms with E-state index in [1.54, 1.807) is 44.1 Å². The lowest BCUT2D eigenvalue weighted by atomic mass is 9.52. The van der Waals surface area contributed by atoms with Crippen molar-refractivity contribution in [2.45, 2.75) is 58.7 Å². The number of hydrogen-bond acceptors (Lipinski definition) is 10. The average Bonchev–Trinajstić information content (AvgIpc) is 2.85. The number of benzene rings is 1. The third kappa shape index (κ3) is 5.14. The molecule has 2 saturated carbocycles. The molecule has 2 amide bonds. The van der Waals surface area contributed by atoms with Gasteiger partial charge in [0.25, 0.3) is 0 Å². The number of rotatable bonds is 6. The summed E-state index contributed by atoms with van der Waals surface area (Å²) < 4.78 is 0. The van der Waals surface area contributed by atoms with Crippen LogP contribution in [0.25, 0.3) is 0 Å². The Morgan fingerprint density at radius 1 is 1.07 bits per heavy atom. The van der Waals surface area contributed by atoms with Crippen LogP contribution in [0.1, 0.15) is 55.6 Å². The highest BCUT2D eigenvalue weighted by Gasteiger charge is 2.69. The molecule has 0 aliphatic heterocycles. The Hall–Kier alpha value is -3.64. The van der Waals surface area contributed by atoms with Gasteiger partial charge in [-0.2, -0.15) is 0 Å². The number of ketones is 4. The number of fused-ring (bicyclic) bond motifs is 3. The summed E-state index contributed by atoms with van der Waals surface area (Å²) in [6.45, 7) is 7.74. The van der Waals surface area contributed by atoms with Crippen molar-refractivity contribution in [1.29, 1.82) is 0 Å². The molecule has 0 heterocycles. The number of hydrogen-bond donors (Lipinski definition) is 3. The predicted molar refractivity (Wildman–Crippen MR) is 156 cm³/mol. The van der Waals surface area contributed by atoms with Gasteiger partial charge < -0.3 is 25.7 Å². The summed E-state index contributed by atoms with van der Waals surface area (Å²) in [4.78, 5) is 84.6. The molecule has 6 atom stereocenters. The van der Waals surface area contributed by atoms with E-state index in [1.807, 2.05) is 20.8 Å². The van der Waals surface area contributed by atoms with Gasteiger partial charge in [-0.1, -0.05) is 20.8 Å². The minimum Gasteiger partial charge on any atom is -0.507 e. The molecule has 3 unspecified atom stereocenters. The molecular weight excluding hydrogens is 556 g/mol. The number of aromatic hydroxyl groups is 1. The van der Waals surface area contributed by atoms with Crippen molar-refractivity contribution in [2.24, 2.45) is 34.8 Å². The second-order valence-electron chi connectivity index (χ2n) is 13.9. The third-order valence-corrected chi connectivity index (χ3v) is 9.07.